The van der Waals surface area contributed by atoms with Gasteiger partial charge in [0, 0.05) is 38.1 Å². The van der Waals surface area contributed by atoms with Crippen LogP contribution < -0.4 is 16.0 Å². The minimum Gasteiger partial charge on any atom is -0.374 e. The summed E-state index contributed by atoms with van der Waals surface area (Å²) in [5, 5.41) is 2.76. The molecule has 0 saturated heterocycles. The van der Waals surface area contributed by atoms with E-state index >= 15 is 0 Å². The first kappa shape index (κ1) is 13.8. The Bertz CT molecular complexity index is 443. The molecule has 0 spiro atoms. The van der Waals surface area contributed by atoms with Crippen LogP contribution in [0.25, 0.3) is 0 Å². The molecule has 1 saturated carbocycles. The van der Waals surface area contributed by atoms with Crippen molar-refractivity contribution in [2.75, 3.05) is 25.0 Å². The van der Waals surface area contributed by atoms with Crippen molar-refractivity contribution >= 4 is 11.6 Å². The lowest BCUT2D eigenvalue weighted by atomic mass is 9.80. The second-order valence-corrected chi connectivity index (χ2v) is 5.24. The van der Waals surface area contributed by atoms with Crippen LogP contribution in [0.2, 0.25) is 0 Å². The molecule has 1 aromatic heterocycles. The fourth-order valence-corrected chi connectivity index (χ4v) is 2.46. The van der Waals surface area contributed by atoms with Crippen LogP contribution in [0.5, 0.6) is 0 Å². The molecule has 1 amide bonds. The van der Waals surface area contributed by atoms with Crippen molar-refractivity contribution in [2.24, 2.45) is 11.7 Å². The third kappa shape index (κ3) is 3.44. The Labute approximate surface area is 114 Å². The summed E-state index contributed by atoms with van der Waals surface area (Å²) in [5.41, 5.74) is 7.29. The fourth-order valence-electron chi connectivity index (χ4n) is 2.46. The van der Waals surface area contributed by atoms with Gasteiger partial charge in [-0.25, -0.2) is 0 Å². The van der Waals surface area contributed by atoms with Crippen molar-refractivity contribution in [1.82, 2.24) is 10.3 Å². The molecular formula is C14H22N4O. The van der Waals surface area contributed by atoms with Gasteiger partial charge in [-0.3, -0.25) is 9.78 Å². The standard InChI is InChI=1S/C14H22N4O/c1-3-16-14(19)13-8-12(4-5-17-13)18(2)9-10-6-11(15)7-10/h4-5,8,10-11H,3,6-7,9,15H2,1-2H3,(H,16,19). The molecule has 1 fully saturated rings. The van der Waals surface area contributed by atoms with E-state index in [2.05, 4.69) is 15.2 Å². The van der Waals surface area contributed by atoms with Crippen LogP contribution in [0.4, 0.5) is 5.69 Å². The number of hydrogen-bond acceptors (Lipinski definition) is 4. The van der Waals surface area contributed by atoms with Crippen LogP contribution in [-0.4, -0.2) is 37.1 Å². The maximum atomic E-state index is 11.7. The normalized spacial score (nSPS) is 21.6. The van der Waals surface area contributed by atoms with Crippen molar-refractivity contribution in [3.8, 4) is 0 Å². The molecule has 0 aliphatic heterocycles. The molecule has 5 heteroatoms. The van der Waals surface area contributed by atoms with Gasteiger partial charge in [0.05, 0.1) is 0 Å². The van der Waals surface area contributed by atoms with E-state index in [0.717, 1.165) is 25.1 Å². The Hall–Kier alpha value is -1.62. The molecule has 3 N–H and O–H groups in total. The van der Waals surface area contributed by atoms with E-state index in [1.54, 1.807) is 6.20 Å². The Morgan fingerprint density at radius 2 is 2.32 bits per heavy atom. The first-order valence-corrected chi connectivity index (χ1v) is 6.81. The molecule has 1 aliphatic rings. The van der Waals surface area contributed by atoms with Gasteiger partial charge < -0.3 is 16.0 Å². The number of anilines is 1. The Kier molecular flexibility index (Phi) is 4.37. The summed E-state index contributed by atoms with van der Waals surface area (Å²) < 4.78 is 0. The lowest BCUT2D eigenvalue weighted by molar-refractivity contribution is 0.0951. The van der Waals surface area contributed by atoms with E-state index in [1.807, 2.05) is 26.1 Å². The molecule has 19 heavy (non-hydrogen) atoms. The van der Waals surface area contributed by atoms with Gasteiger partial charge in [0.1, 0.15) is 5.69 Å². The third-order valence-electron chi connectivity index (χ3n) is 3.56. The molecule has 1 aliphatic carbocycles. The van der Waals surface area contributed by atoms with Crippen molar-refractivity contribution < 1.29 is 4.79 Å². The molecule has 2 rings (SSSR count). The van der Waals surface area contributed by atoms with Gasteiger partial charge in [0.15, 0.2) is 0 Å². The summed E-state index contributed by atoms with van der Waals surface area (Å²) in [4.78, 5) is 18.0. The molecule has 0 unspecified atom stereocenters. The SMILES string of the molecule is CCNC(=O)c1cc(N(C)CC2CC(N)C2)ccn1. The van der Waals surface area contributed by atoms with Crippen LogP contribution in [0.3, 0.4) is 0 Å². The number of pyridine rings is 1. The highest BCUT2D eigenvalue weighted by Crippen LogP contribution is 2.27. The van der Waals surface area contributed by atoms with Crippen LogP contribution in [0, 0.1) is 5.92 Å². The summed E-state index contributed by atoms with van der Waals surface area (Å²) in [5.74, 6) is 0.546. The van der Waals surface area contributed by atoms with Gasteiger partial charge in [-0.15, -0.1) is 0 Å². The summed E-state index contributed by atoms with van der Waals surface area (Å²) in [7, 11) is 2.04. The van der Waals surface area contributed by atoms with Crippen molar-refractivity contribution in [2.45, 2.75) is 25.8 Å². The second-order valence-electron chi connectivity index (χ2n) is 5.24. The molecule has 0 radical (unpaired) electrons. The molecule has 0 aromatic carbocycles. The number of hydrogen-bond donors (Lipinski definition) is 2. The summed E-state index contributed by atoms with van der Waals surface area (Å²) in [6.07, 6.45) is 3.88. The molecular weight excluding hydrogens is 240 g/mol. The number of carbonyl (C=O) groups is 1. The van der Waals surface area contributed by atoms with Crippen LogP contribution in [-0.2, 0) is 0 Å². The molecule has 0 bridgehead atoms. The topological polar surface area (TPSA) is 71.2 Å². The second kappa shape index (κ2) is 6.02. The Morgan fingerprint density at radius 1 is 1.58 bits per heavy atom. The zero-order valence-electron chi connectivity index (χ0n) is 11.6. The van der Waals surface area contributed by atoms with E-state index in [9.17, 15) is 4.79 Å². The predicted molar refractivity (Wildman–Crippen MR) is 76.2 cm³/mol. The van der Waals surface area contributed by atoms with Crippen molar-refractivity contribution in [3.05, 3.63) is 24.0 Å². The number of aromatic nitrogens is 1. The minimum absolute atomic E-state index is 0.122. The third-order valence-corrected chi connectivity index (χ3v) is 3.56. The number of nitrogens with one attached hydrogen (secondary N) is 1. The van der Waals surface area contributed by atoms with Gasteiger partial charge in [-0.1, -0.05) is 0 Å². The largest absolute Gasteiger partial charge is 0.374 e. The number of rotatable bonds is 5. The summed E-state index contributed by atoms with van der Waals surface area (Å²) in [6.45, 7) is 3.49. The number of carbonyl (C=O) groups excluding carboxylic acids is 1. The maximum Gasteiger partial charge on any atom is 0.269 e. The first-order valence-electron chi connectivity index (χ1n) is 6.81. The number of nitrogens with zero attached hydrogens (tertiary/aromatic N) is 2. The average Bonchev–Trinajstić information content (AvgIpc) is 2.37. The highest BCUT2D eigenvalue weighted by molar-refractivity contribution is 5.93. The quantitative estimate of drug-likeness (QED) is 0.830. The van der Waals surface area contributed by atoms with E-state index < -0.39 is 0 Å². The van der Waals surface area contributed by atoms with E-state index in [-0.39, 0.29) is 5.91 Å². The summed E-state index contributed by atoms with van der Waals surface area (Å²) in [6, 6.07) is 4.15. The first-order chi connectivity index (χ1) is 9.10. The zero-order valence-corrected chi connectivity index (χ0v) is 11.6. The van der Waals surface area contributed by atoms with Crippen molar-refractivity contribution in [3.63, 3.8) is 0 Å². The van der Waals surface area contributed by atoms with Gasteiger partial charge in [-0.05, 0) is 37.8 Å². The van der Waals surface area contributed by atoms with Gasteiger partial charge in [0.2, 0.25) is 0 Å². The lowest BCUT2D eigenvalue weighted by Crippen LogP contribution is -2.42. The fraction of sp³-hybridized carbons (Fsp3) is 0.571. The molecule has 1 heterocycles. The lowest BCUT2D eigenvalue weighted by Gasteiger charge is -2.36. The highest BCUT2D eigenvalue weighted by atomic mass is 16.1. The molecule has 104 valence electrons. The van der Waals surface area contributed by atoms with E-state index in [0.29, 0.717) is 24.2 Å². The summed E-state index contributed by atoms with van der Waals surface area (Å²) >= 11 is 0. The number of amides is 1. The van der Waals surface area contributed by atoms with Crippen LogP contribution in [0.15, 0.2) is 18.3 Å². The van der Waals surface area contributed by atoms with Crippen molar-refractivity contribution in [1.29, 1.82) is 0 Å². The molecule has 5 nitrogen and oxygen atoms in total. The van der Waals surface area contributed by atoms with Crippen LogP contribution in [0.1, 0.15) is 30.3 Å². The van der Waals surface area contributed by atoms with E-state index in [1.165, 1.54) is 0 Å². The predicted octanol–water partition coefficient (Wildman–Crippen LogP) is 1.00. The zero-order chi connectivity index (χ0) is 13.8. The highest BCUT2D eigenvalue weighted by Gasteiger charge is 2.26. The van der Waals surface area contributed by atoms with Gasteiger partial charge >= 0.3 is 0 Å². The number of nitrogens with two attached hydrogens (primary N) is 1. The monoisotopic (exact) mass is 262 g/mol. The average molecular weight is 262 g/mol. The van der Waals surface area contributed by atoms with Crippen LogP contribution >= 0.6 is 0 Å². The smallest absolute Gasteiger partial charge is 0.269 e. The minimum atomic E-state index is -0.122. The van der Waals surface area contributed by atoms with Gasteiger partial charge in [0.25, 0.3) is 5.91 Å². The Morgan fingerprint density at radius 3 is 2.95 bits per heavy atom. The Balaban J connectivity index is 1.99. The van der Waals surface area contributed by atoms with E-state index in [4.69, 9.17) is 5.73 Å². The molecule has 1 aromatic rings. The molecule has 0 atom stereocenters. The maximum absolute atomic E-state index is 11.7. The van der Waals surface area contributed by atoms with Gasteiger partial charge in [-0.2, -0.15) is 0 Å².